The molecule has 0 radical (unpaired) electrons. The Morgan fingerprint density at radius 1 is 1.15 bits per heavy atom. The number of carboxylic acid groups (broad SMARTS) is 1. The van der Waals surface area contributed by atoms with Crippen LogP contribution in [0.15, 0.2) is 47.4 Å². The smallest absolute Gasteiger partial charge is 0.305 e. The van der Waals surface area contributed by atoms with Gasteiger partial charge in [-0.3, -0.25) is 4.79 Å². The number of benzene rings is 2. The third-order valence-corrected chi connectivity index (χ3v) is 5.31. The van der Waals surface area contributed by atoms with E-state index in [-0.39, 0.29) is 16.9 Å². The fourth-order valence-electron chi connectivity index (χ4n) is 2.28. The van der Waals surface area contributed by atoms with Gasteiger partial charge in [0, 0.05) is 0 Å². The summed E-state index contributed by atoms with van der Waals surface area (Å²) in [5, 5.41) is 8.77. The molecule has 2 aromatic rings. The first-order valence-electron chi connectivity index (χ1n) is 7.77. The van der Waals surface area contributed by atoms with Crippen molar-refractivity contribution in [1.82, 2.24) is 4.72 Å². The second-order valence-electron chi connectivity index (χ2n) is 5.71. The normalized spacial score (nSPS) is 12.4. The minimum Gasteiger partial charge on any atom is -0.481 e. The number of carboxylic acids is 1. The molecule has 0 heterocycles. The lowest BCUT2D eigenvalue weighted by Crippen LogP contribution is -2.37. The topological polar surface area (TPSA) is 110 Å². The van der Waals surface area contributed by atoms with Crippen molar-refractivity contribution < 1.29 is 27.9 Å². The summed E-state index contributed by atoms with van der Waals surface area (Å²) in [6.07, 6.45) is -0.400. The van der Waals surface area contributed by atoms with Gasteiger partial charge in [0.05, 0.1) is 12.5 Å². The molecule has 7 nitrogen and oxygen atoms in total. The van der Waals surface area contributed by atoms with Gasteiger partial charge in [-0.1, -0.05) is 24.3 Å². The number of ether oxygens (including phenoxy) is 1. The maximum atomic E-state index is 12.6. The minimum atomic E-state index is -4.16. The zero-order valence-corrected chi connectivity index (χ0v) is 15.1. The maximum Gasteiger partial charge on any atom is 0.305 e. The average molecular weight is 377 g/mol. The van der Waals surface area contributed by atoms with Gasteiger partial charge in [-0.05, 0) is 43.2 Å². The molecule has 1 atom stereocenters. The van der Waals surface area contributed by atoms with Crippen LogP contribution in [0.25, 0.3) is 0 Å². The fourth-order valence-corrected chi connectivity index (χ4v) is 3.57. The van der Waals surface area contributed by atoms with Gasteiger partial charge in [0.25, 0.3) is 0 Å². The summed E-state index contributed by atoms with van der Waals surface area (Å²) in [6, 6.07) is 10.00. The highest BCUT2D eigenvalue weighted by molar-refractivity contribution is 7.89. The van der Waals surface area contributed by atoms with E-state index < -0.39 is 28.5 Å². The summed E-state index contributed by atoms with van der Waals surface area (Å²) in [5.41, 5.74) is 1.85. The number of aryl methyl sites for hydroxylation is 1. The lowest BCUT2D eigenvalue weighted by molar-refractivity contribution is -0.138. The Morgan fingerprint density at radius 3 is 2.46 bits per heavy atom. The SMILES string of the molecule is Cc1cccc(Oc2ccccc2S(=O)(=O)NC(C=O)CC(=O)O)c1C. The van der Waals surface area contributed by atoms with Gasteiger partial charge in [-0.2, -0.15) is 0 Å². The molecule has 0 aliphatic rings. The highest BCUT2D eigenvalue weighted by Crippen LogP contribution is 2.31. The van der Waals surface area contributed by atoms with E-state index in [1.54, 1.807) is 18.2 Å². The molecule has 2 aromatic carbocycles. The van der Waals surface area contributed by atoms with E-state index >= 15 is 0 Å². The zero-order valence-electron chi connectivity index (χ0n) is 14.3. The van der Waals surface area contributed by atoms with Gasteiger partial charge in [0.2, 0.25) is 10.0 Å². The molecule has 138 valence electrons. The molecule has 0 fully saturated rings. The van der Waals surface area contributed by atoms with Crippen LogP contribution < -0.4 is 9.46 Å². The number of para-hydroxylation sites is 1. The molecule has 1 unspecified atom stereocenters. The molecule has 26 heavy (non-hydrogen) atoms. The van der Waals surface area contributed by atoms with Crippen LogP contribution in [-0.2, 0) is 19.6 Å². The van der Waals surface area contributed by atoms with Crippen molar-refractivity contribution >= 4 is 22.3 Å². The van der Waals surface area contributed by atoms with E-state index in [1.807, 2.05) is 19.9 Å². The molecule has 0 amide bonds. The summed E-state index contributed by atoms with van der Waals surface area (Å²) in [5.74, 6) is -0.705. The highest BCUT2D eigenvalue weighted by atomic mass is 32.2. The Bertz CT molecular complexity index is 923. The summed E-state index contributed by atoms with van der Waals surface area (Å²) in [7, 11) is -4.16. The maximum absolute atomic E-state index is 12.6. The fraction of sp³-hybridized carbons (Fsp3) is 0.222. The van der Waals surface area contributed by atoms with Crippen molar-refractivity contribution in [3.05, 3.63) is 53.6 Å². The van der Waals surface area contributed by atoms with Crippen LogP contribution >= 0.6 is 0 Å². The van der Waals surface area contributed by atoms with Gasteiger partial charge in [0.1, 0.15) is 22.7 Å². The number of nitrogens with one attached hydrogen (secondary N) is 1. The number of sulfonamides is 1. The average Bonchev–Trinajstić information content (AvgIpc) is 2.58. The molecule has 0 aliphatic heterocycles. The van der Waals surface area contributed by atoms with E-state index in [2.05, 4.69) is 4.72 Å². The van der Waals surface area contributed by atoms with Gasteiger partial charge in [0.15, 0.2) is 0 Å². The molecule has 0 aromatic heterocycles. The summed E-state index contributed by atoms with van der Waals surface area (Å²) < 4.78 is 33.1. The first-order valence-corrected chi connectivity index (χ1v) is 9.25. The first kappa shape index (κ1) is 19.6. The Balaban J connectivity index is 2.37. The number of carbonyl (C=O) groups is 2. The number of aliphatic carboxylic acids is 1. The van der Waals surface area contributed by atoms with Gasteiger partial charge in [-0.15, -0.1) is 0 Å². The van der Waals surface area contributed by atoms with Gasteiger partial charge >= 0.3 is 5.97 Å². The molecule has 2 rings (SSSR count). The Morgan fingerprint density at radius 2 is 1.81 bits per heavy atom. The largest absolute Gasteiger partial charge is 0.481 e. The predicted octanol–water partition coefficient (Wildman–Crippen LogP) is 2.42. The number of hydrogen-bond acceptors (Lipinski definition) is 5. The summed E-state index contributed by atoms with van der Waals surface area (Å²) in [4.78, 5) is 21.6. The van der Waals surface area contributed by atoms with Crippen molar-refractivity contribution in [2.24, 2.45) is 0 Å². The minimum absolute atomic E-state index is 0.0775. The van der Waals surface area contributed by atoms with Crippen molar-refractivity contribution in [3.8, 4) is 11.5 Å². The van der Waals surface area contributed by atoms with E-state index in [0.717, 1.165) is 11.1 Å². The Hall–Kier alpha value is -2.71. The monoisotopic (exact) mass is 377 g/mol. The molecule has 0 aliphatic carbocycles. The lowest BCUT2D eigenvalue weighted by Gasteiger charge is -2.16. The van der Waals surface area contributed by atoms with E-state index in [0.29, 0.717) is 5.75 Å². The van der Waals surface area contributed by atoms with Crippen LogP contribution in [0.4, 0.5) is 0 Å². The van der Waals surface area contributed by atoms with Crippen LogP contribution in [0.1, 0.15) is 17.5 Å². The predicted molar refractivity (Wildman–Crippen MR) is 94.9 cm³/mol. The van der Waals surface area contributed by atoms with E-state index in [4.69, 9.17) is 9.84 Å². The third-order valence-electron chi connectivity index (χ3n) is 3.78. The molecular weight excluding hydrogens is 358 g/mol. The molecule has 0 spiro atoms. The Labute approximate surface area is 151 Å². The van der Waals surface area contributed by atoms with Crippen LogP contribution in [0.2, 0.25) is 0 Å². The van der Waals surface area contributed by atoms with Crippen molar-refractivity contribution in [3.63, 3.8) is 0 Å². The summed E-state index contributed by atoms with van der Waals surface area (Å²) >= 11 is 0. The Kier molecular flexibility index (Phi) is 6.12. The molecule has 0 saturated heterocycles. The highest BCUT2D eigenvalue weighted by Gasteiger charge is 2.25. The number of carbonyl (C=O) groups excluding carboxylic acids is 1. The number of hydrogen-bond donors (Lipinski definition) is 2. The van der Waals surface area contributed by atoms with Crippen LogP contribution in [-0.4, -0.2) is 31.8 Å². The molecule has 8 heteroatoms. The summed E-state index contributed by atoms with van der Waals surface area (Å²) in [6.45, 7) is 3.77. The van der Waals surface area contributed by atoms with Crippen molar-refractivity contribution in [1.29, 1.82) is 0 Å². The molecular formula is C18H19NO6S. The molecule has 0 saturated carbocycles. The lowest BCUT2D eigenvalue weighted by atomic mass is 10.1. The molecule has 0 bridgehead atoms. The van der Waals surface area contributed by atoms with Crippen molar-refractivity contribution in [2.75, 3.05) is 0 Å². The second-order valence-corrected chi connectivity index (χ2v) is 7.39. The molecule has 2 N–H and O–H groups in total. The van der Waals surface area contributed by atoms with Crippen LogP contribution in [0, 0.1) is 13.8 Å². The van der Waals surface area contributed by atoms with Crippen LogP contribution in [0.5, 0.6) is 11.5 Å². The van der Waals surface area contributed by atoms with E-state index in [1.165, 1.54) is 18.2 Å². The number of rotatable bonds is 8. The number of aldehydes is 1. The third kappa shape index (κ3) is 4.68. The zero-order chi connectivity index (χ0) is 19.3. The quantitative estimate of drug-likeness (QED) is 0.684. The van der Waals surface area contributed by atoms with E-state index in [9.17, 15) is 18.0 Å². The van der Waals surface area contributed by atoms with Gasteiger partial charge in [-0.25, -0.2) is 13.1 Å². The second kappa shape index (κ2) is 8.11. The standard InChI is InChI=1S/C18H19NO6S/c1-12-6-5-8-15(13(12)2)25-16-7-3-4-9-17(16)26(23,24)19-14(11-20)10-18(21)22/h3-9,11,14,19H,10H2,1-2H3,(H,21,22). The van der Waals surface area contributed by atoms with Crippen molar-refractivity contribution in [2.45, 2.75) is 31.2 Å². The van der Waals surface area contributed by atoms with Gasteiger partial charge < -0.3 is 14.6 Å². The van der Waals surface area contributed by atoms with Crippen LogP contribution in [0.3, 0.4) is 0 Å². The first-order chi connectivity index (χ1) is 12.2.